The number of piperidine rings is 1. The molecule has 2 fully saturated rings. The van der Waals surface area contributed by atoms with E-state index in [2.05, 4.69) is 32.5 Å². The molecule has 0 aliphatic carbocycles. The monoisotopic (exact) mass is 326 g/mol. The molecule has 0 unspecified atom stereocenters. The van der Waals surface area contributed by atoms with Crippen LogP contribution in [0, 0.1) is 5.41 Å². The lowest BCUT2D eigenvalue weighted by Gasteiger charge is -2.33. The van der Waals surface area contributed by atoms with Crippen LogP contribution in [-0.2, 0) is 6.54 Å². The first-order valence-corrected chi connectivity index (χ1v) is 8.88. The number of benzene rings is 1. The molecule has 5 heteroatoms. The van der Waals surface area contributed by atoms with Gasteiger partial charge >= 0.3 is 0 Å². The van der Waals surface area contributed by atoms with Gasteiger partial charge in [0.2, 0.25) is 0 Å². The van der Waals surface area contributed by atoms with Crippen molar-refractivity contribution in [1.82, 2.24) is 20.4 Å². The first-order valence-electron chi connectivity index (χ1n) is 8.88. The van der Waals surface area contributed by atoms with Crippen molar-refractivity contribution in [3.8, 4) is 17.0 Å². The molecule has 2 aliphatic heterocycles. The Morgan fingerprint density at radius 1 is 1.17 bits per heavy atom. The lowest BCUT2D eigenvalue weighted by Crippen LogP contribution is -2.38. The SMILES string of the molecule is COc1ccc(-c2[nH]ncc2CN2CCC3(CCNCC3)C2)cc1. The highest BCUT2D eigenvalue weighted by atomic mass is 16.5. The average Bonchev–Trinajstić information content (AvgIpc) is 3.24. The van der Waals surface area contributed by atoms with Crippen molar-refractivity contribution in [3.05, 3.63) is 36.0 Å². The molecule has 24 heavy (non-hydrogen) atoms. The molecule has 5 nitrogen and oxygen atoms in total. The fraction of sp³-hybridized carbons (Fsp3) is 0.526. The predicted molar refractivity (Wildman–Crippen MR) is 95.0 cm³/mol. The third-order valence-electron chi connectivity index (χ3n) is 5.67. The van der Waals surface area contributed by atoms with Crippen molar-refractivity contribution >= 4 is 0 Å². The summed E-state index contributed by atoms with van der Waals surface area (Å²) >= 11 is 0. The molecular weight excluding hydrogens is 300 g/mol. The molecule has 1 spiro atoms. The Labute approximate surface area is 143 Å². The van der Waals surface area contributed by atoms with Crippen molar-refractivity contribution in [1.29, 1.82) is 0 Å². The molecule has 2 N–H and O–H groups in total. The van der Waals surface area contributed by atoms with Gasteiger partial charge in [-0.2, -0.15) is 5.10 Å². The van der Waals surface area contributed by atoms with Gasteiger partial charge in [-0.15, -0.1) is 0 Å². The van der Waals surface area contributed by atoms with Crippen LogP contribution in [0.4, 0.5) is 0 Å². The second-order valence-corrected chi connectivity index (χ2v) is 7.21. The zero-order valence-electron chi connectivity index (χ0n) is 14.3. The predicted octanol–water partition coefficient (Wildman–Crippen LogP) is 2.66. The summed E-state index contributed by atoms with van der Waals surface area (Å²) in [4.78, 5) is 2.60. The second-order valence-electron chi connectivity index (χ2n) is 7.21. The lowest BCUT2D eigenvalue weighted by molar-refractivity contribution is 0.194. The van der Waals surface area contributed by atoms with E-state index in [-0.39, 0.29) is 0 Å². The molecule has 0 atom stereocenters. The molecule has 0 bridgehead atoms. The highest BCUT2D eigenvalue weighted by Gasteiger charge is 2.38. The van der Waals surface area contributed by atoms with Gasteiger partial charge in [0.15, 0.2) is 0 Å². The van der Waals surface area contributed by atoms with Gasteiger partial charge in [0.1, 0.15) is 5.75 Å². The van der Waals surface area contributed by atoms with Gasteiger partial charge in [-0.1, -0.05) is 0 Å². The quantitative estimate of drug-likeness (QED) is 0.907. The largest absolute Gasteiger partial charge is 0.497 e. The maximum Gasteiger partial charge on any atom is 0.118 e. The number of ether oxygens (including phenoxy) is 1. The van der Waals surface area contributed by atoms with E-state index in [1.165, 1.54) is 56.6 Å². The van der Waals surface area contributed by atoms with E-state index in [0.717, 1.165) is 18.0 Å². The maximum absolute atomic E-state index is 5.25. The Morgan fingerprint density at radius 2 is 1.96 bits per heavy atom. The van der Waals surface area contributed by atoms with Crippen molar-refractivity contribution in [2.45, 2.75) is 25.8 Å². The summed E-state index contributed by atoms with van der Waals surface area (Å²) in [5, 5.41) is 11.0. The number of methoxy groups -OCH3 is 1. The van der Waals surface area contributed by atoms with E-state index in [9.17, 15) is 0 Å². The number of nitrogens with one attached hydrogen (secondary N) is 2. The lowest BCUT2D eigenvalue weighted by atomic mass is 9.78. The highest BCUT2D eigenvalue weighted by molar-refractivity contribution is 5.63. The van der Waals surface area contributed by atoms with E-state index in [0.29, 0.717) is 5.41 Å². The molecule has 0 amide bonds. The number of likely N-dealkylation sites (tertiary alicyclic amines) is 1. The van der Waals surface area contributed by atoms with Gasteiger partial charge in [-0.3, -0.25) is 10.00 Å². The number of H-pyrrole nitrogens is 1. The van der Waals surface area contributed by atoms with Crippen LogP contribution in [-0.4, -0.2) is 48.4 Å². The standard InChI is InChI=1S/C19H26N4O/c1-24-17-4-2-15(3-5-17)18-16(12-21-22-18)13-23-11-8-19(14-23)6-9-20-10-7-19/h2-5,12,20H,6-11,13-14H2,1H3,(H,21,22). The maximum atomic E-state index is 5.25. The first kappa shape index (κ1) is 15.7. The number of nitrogens with zero attached hydrogens (tertiary/aromatic N) is 2. The van der Waals surface area contributed by atoms with Crippen molar-refractivity contribution < 1.29 is 4.74 Å². The van der Waals surface area contributed by atoms with Crippen LogP contribution in [0.25, 0.3) is 11.3 Å². The van der Waals surface area contributed by atoms with Gasteiger partial charge in [-0.25, -0.2) is 0 Å². The molecule has 4 rings (SSSR count). The third-order valence-corrected chi connectivity index (χ3v) is 5.67. The minimum Gasteiger partial charge on any atom is -0.497 e. The molecule has 1 aromatic heterocycles. The normalized spacial score (nSPS) is 20.5. The summed E-state index contributed by atoms with van der Waals surface area (Å²) in [5.74, 6) is 0.882. The fourth-order valence-corrected chi connectivity index (χ4v) is 4.21. The van der Waals surface area contributed by atoms with Crippen LogP contribution in [0.1, 0.15) is 24.8 Å². The summed E-state index contributed by atoms with van der Waals surface area (Å²) in [5.41, 5.74) is 4.13. The van der Waals surface area contributed by atoms with Crippen molar-refractivity contribution in [2.75, 3.05) is 33.3 Å². The molecule has 0 radical (unpaired) electrons. The second kappa shape index (κ2) is 6.57. The number of aromatic nitrogens is 2. The summed E-state index contributed by atoms with van der Waals surface area (Å²) in [6.45, 7) is 5.76. The summed E-state index contributed by atoms with van der Waals surface area (Å²) in [7, 11) is 1.70. The van der Waals surface area contributed by atoms with Crippen LogP contribution in [0.2, 0.25) is 0 Å². The van der Waals surface area contributed by atoms with Crippen LogP contribution in [0.15, 0.2) is 30.5 Å². The Morgan fingerprint density at radius 3 is 2.71 bits per heavy atom. The molecular formula is C19H26N4O. The van der Waals surface area contributed by atoms with Crippen LogP contribution < -0.4 is 10.1 Å². The van der Waals surface area contributed by atoms with E-state index in [1.54, 1.807) is 7.11 Å². The molecule has 3 heterocycles. The molecule has 2 saturated heterocycles. The van der Waals surface area contributed by atoms with Gasteiger partial charge < -0.3 is 10.1 Å². The molecule has 0 saturated carbocycles. The van der Waals surface area contributed by atoms with Gasteiger partial charge in [0, 0.05) is 24.2 Å². The summed E-state index contributed by atoms with van der Waals surface area (Å²) in [6, 6.07) is 8.18. The van der Waals surface area contributed by atoms with E-state index in [1.807, 2.05) is 18.3 Å². The number of hydrogen-bond acceptors (Lipinski definition) is 4. The minimum atomic E-state index is 0.551. The third kappa shape index (κ3) is 3.06. The Balaban J connectivity index is 1.47. The minimum absolute atomic E-state index is 0.551. The Hall–Kier alpha value is -1.85. The number of rotatable bonds is 4. The van der Waals surface area contributed by atoms with E-state index >= 15 is 0 Å². The summed E-state index contributed by atoms with van der Waals surface area (Å²) in [6.07, 6.45) is 5.96. The van der Waals surface area contributed by atoms with Crippen LogP contribution in [0.5, 0.6) is 5.75 Å². The van der Waals surface area contributed by atoms with Gasteiger partial charge in [0.05, 0.1) is 19.0 Å². The highest BCUT2D eigenvalue weighted by Crippen LogP contribution is 2.39. The van der Waals surface area contributed by atoms with E-state index < -0.39 is 0 Å². The van der Waals surface area contributed by atoms with Gasteiger partial charge in [0.25, 0.3) is 0 Å². The molecule has 128 valence electrons. The molecule has 2 aromatic rings. The summed E-state index contributed by atoms with van der Waals surface area (Å²) < 4.78 is 5.25. The van der Waals surface area contributed by atoms with Crippen LogP contribution >= 0.6 is 0 Å². The smallest absolute Gasteiger partial charge is 0.118 e. The fourth-order valence-electron chi connectivity index (χ4n) is 4.21. The number of hydrogen-bond donors (Lipinski definition) is 2. The topological polar surface area (TPSA) is 53.2 Å². The zero-order valence-corrected chi connectivity index (χ0v) is 14.3. The Kier molecular flexibility index (Phi) is 4.29. The average molecular weight is 326 g/mol. The van der Waals surface area contributed by atoms with E-state index in [4.69, 9.17) is 4.74 Å². The first-order chi connectivity index (χ1) is 11.8. The zero-order chi connectivity index (χ0) is 16.4. The van der Waals surface area contributed by atoms with Crippen molar-refractivity contribution in [2.24, 2.45) is 5.41 Å². The Bertz CT molecular complexity index is 673. The van der Waals surface area contributed by atoms with Gasteiger partial charge in [-0.05, 0) is 68.6 Å². The van der Waals surface area contributed by atoms with Crippen molar-refractivity contribution in [3.63, 3.8) is 0 Å². The molecule has 2 aliphatic rings. The number of aromatic amines is 1. The molecule has 1 aromatic carbocycles. The van der Waals surface area contributed by atoms with Crippen LogP contribution in [0.3, 0.4) is 0 Å².